The van der Waals surface area contributed by atoms with E-state index in [-0.39, 0.29) is 23.5 Å². The van der Waals surface area contributed by atoms with E-state index < -0.39 is 0 Å². The first kappa shape index (κ1) is 23.5. The summed E-state index contributed by atoms with van der Waals surface area (Å²) in [4.78, 5) is 28.5. The number of carbonyl (C=O) groups is 2. The number of amides is 2. The van der Waals surface area contributed by atoms with Gasteiger partial charge >= 0.3 is 0 Å². The summed E-state index contributed by atoms with van der Waals surface area (Å²) in [6.07, 6.45) is 6.68. The average Bonchev–Trinajstić information content (AvgIpc) is 3.56. The Hall–Kier alpha value is -4.20. The highest BCUT2D eigenvalue weighted by Crippen LogP contribution is 2.26. The average molecular weight is 486 g/mol. The van der Waals surface area contributed by atoms with E-state index in [4.69, 9.17) is 0 Å². The molecular formula is C28H28FN5O2. The van der Waals surface area contributed by atoms with Crippen LogP contribution < -0.4 is 5.32 Å². The molecule has 4 aromatic rings. The molecule has 1 aliphatic heterocycles. The van der Waals surface area contributed by atoms with Gasteiger partial charge < -0.3 is 14.8 Å². The van der Waals surface area contributed by atoms with E-state index in [0.717, 1.165) is 29.7 Å². The molecule has 0 aliphatic carbocycles. The fourth-order valence-electron chi connectivity index (χ4n) is 4.64. The smallest absolute Gasteiger partial charge is 0.259 e. The molecule has 1 N–H and O–H groups in total. The van der Waals surface area contributed by atoms with Gasteiger partial charge in [-0.05, 0) is 80.3 Å². The van der Waals surface area contributed by atoms with Gasteiger partial charge in [0.25, 0.3) is 5.91 Å². The van der Waals surface area contributed by atoms with Gasteiger partial charge in [-0.25, -0.2) is 9.07 Å². The van der Waals surface area contributed by atoms with Crippen LogP contribution in [0.5, 0.6) is 0 Å². The molecular weight excluding hydrogens is 457 g/mol. The van der Waals surface area contributed by atoms with Crippen LogP contribution >= 0.6 is 0 Å². The zero-order chi connectivity index (χ0) is 25.2. The zero-order valence-electron chi connectivity index (χ0n) is 20.3. The Balaban J connectivity index is 1.40. The molecule has 0 spiro atoms. The molecule has 1 fully saturated rings. The molecule has 3 heterocycles. The van der Waals surface area contributed by atoms with Gasteiger partial charge in [-0.3, -0.25) is 9.59 Å². The van der Waals surface area contributed by atoms with E-state index in [9.17, 15) is 14.0 Å². The first-order valence-corrected chi connectivity index (χ1v) is 12.1. The zero-order valence-corrected chi connectivity index (χ0v) is 20.3. The third-order valence-corrected chi connectivity index (χ3v) is 6.62. The van der Waals surface area contributed by atoms with Crippen molar-refractivity contribution in [3.8, 4) is 11.5 Å². The molecule has 0 unspecified atom stereocenters. The van der Waals surface area contributed by atoms with Crippen molar-refractivity contribution in [3.63, 3.8) is 0 Å². The van der Waals surface area contributed by atoms with E-state index in [1.54, 1.807) is 27.9 Å². The quantitative estimate of drug-likeness (QED) is 0.437. The lowest BCUT2D eigenvalue weighted by atomic mass is 9.96. The summed E-state index contributed by atoms with van der Waals surface area (Å²) in [5, 5.41) is 7.52. The van der Waals surface area contributed by atoms with Crippen LogP contribution in [0.15, 0.2) is 73.2 Å². The topological polar surface area (TPSA) is 72.2 Å². The van der Waals surface area contributed by atoms with Crippen LogP contribution in [0, 0.1) is 25.6 Å². The molecule has 1 aliphatic rings. The predicted octanol–water partition coefficient (Wildman–Crippen LogP) is 4.91. The molecule has 184 valence electrons. The van der Waals surface area contributed by atoms with Gasteiger partial charge in [0.15, 0.2) is 5.82 Å². The minimum absolute atomic E-state index is 0.0751. The second-order valence-electron chi connectivity index (χ2n) is 9.26. The number of hydrogen-bond acceptors (Lipinski definition) is 3. The molecule has 8 heteroatoms. The first-order chi connectivity index (χ1) is 17.4. The number of halogens is 1. The van der Waals surface area contributed by atoms with Gasteiger partial charge in [-0.15, -0.1) is 0 Å². The monoisotopic (exact) mass is 485 g/mol. The summed E-state index contributed by atoms with van der Waals surface area (Å²) in [7, 11) is 0. The number of aryl methyl sites for hydroxylation is 2. The molecule has 2 aromatic heterocycles. The van der Waals surface area contributed by atoms with Gasteiger partial charge in [0, 0.05) is 31.2 Å². The minimum atomic E-state index is -0.344. The van der Waals surface area contributed by atoms with E-state index in [2.05, 4.69) is 10.4 Å². The number of piperidine rings is 1. The second-order valence-corrected chi connectivity index (χ2v) is 9.26. The van der Waals surface area contributed by atoms with Crippen LogP contribution in [0.3, 0.4) is 0 Å². The van der Waals surface area contributed by atoms with Crippen molar-refractivity contribution in [2.45, 2.75) is 26.7 Å². The first-order valence-electron chi connectivity index (χ1n) is 12.1. The number of hydrogen-bond donors (Lipinski definition) is 1. The van der Waals surface area contributed by atoms with Crippen LogP contribution in [0.1, 0.15) is 34.3 Å². The van der Waals surface area contributed by atoms with Gasteiger partial charge in [0.2, 0.25) is 5.91 Å². The van der Waals surface area contributed by atoms with Crippen molar-refractivity contribution >= 4 is 17.5 Å². The molecule has 36 heavy (non-hydrogen) atoms. The number of carbonyl (C=O) groups excluding carboxylic acids is 2. The Morgan fingerprint density at radius 3 is 2.56 bits per heavy atom. The molecule has 0 bridgehead atoms. The molecule has 5 rings (SSSR count). The minimum Gasteiger partial charge on any atom is -0.338 e. The largest absolute Gasteiger partial charge is 0.338 e. The molecule has 2 aromatic carbocycles. The number of anilines is 1. The van der Waals surface area contributed by atoms with E-state index in [1.165, 1.54) is 12.1 Å². The highest BCUT2D eigenvalue weighted by atomic mass is 19.1. The second kappa shape index (κ2) is 9.81. The molecule has 0 radical (unpaired) electrons. The van der Waals surface area contributed by atoms with E-state index >= 15 is 0 Å². The maximum Gasteiger partial charge on any atom is 0.259 e. The fraction of sp³-hybridized carbons (Fsp3) is 0.250. The van der Waals surface area contributed by atoms with Crippen molar-refractivity contribution in [1.29, 1.82) is 0 Å². The lowest BCUT2D eigenvalue weighted by Crippen LogP contribution is -2.44. The lowest BCUT2D eigenvalue weighted by molar-refractivity contribution is -0.121. The van der Waals surface area contributed by atoms with Crippen molar-refractivity contribution < 1.29 is 14.0 Å². The maximum absolute atomic E-state index is 13.7. The summed E-state index contributed by atoms with van der Waals surface area (Å²) < 4.78 is 16.9. The number of rotatable bonds is 5. The van der Waals surface area contributed by atoms with Crippen LogP contribution in [0.2, 0.25) is 0 Å². The summed E-state index contributed by atoms with van der Waals surface area (Å²) in [6, 6.07) is 15.7. The molecule has 2 amide bonds. The number of nitrogens with one attached hydrogen (secondary N) is 1. The Morgan fingerprint density at radius 1 is 1.06 bits per heavy atom. The van der Waals surface area contributed by atoms with Gasteiger partial charge in [0.05, 0.1) is 17.8 Å². The summed E-state index contributed by atoms with van der Waals surface area (Å²) >= 11 is 0. The molecule has 0 saturated carbocycles. The predicted molar refractivity (Wildman–Crippen MR) is 136 cm³/mol. The van der Waals surface area contributed by atoms with Crippen molar-refractivity contribution in [2.24, 2.45) is 5.92 Å². The number of likely N-dealkylation sites (tertiary alicyclic amines) is 1. The van der Waals surface area contributed by atoms with Gasteiger partial charge in [-0.1, -0.05) is 12.1 Å². The van der Waals surface area contributed by atoms with Crippen LogP contribution in [-0.4, -0.2) is 44.2 Å². The fourth-order valence-corrected chi connectivity index (χ4v) is 4.64. The third kappa shape index (κ3) is 4.66. The number of nitrogens with zero attached hydrogens (tertiary/aromatic N) is 4. The summed E-state index contributed by atoms with van der Waals surface area (Å²) in [5.74, 6) is -0.336. The van der Waals surface area contributed by atoms with Crippen molar-refractivity contribution in [2.75, 3.05) is 18.4 Å². The number of benzene rings is 2. The molecule has 7 nitrogen and oxygen atoms in total. The highest BCUT2D eigenvalue weighted by Gasteiger charge is 2.31. The van der Waals surface area contributed by atoms with Crippen molar-refractivity contribution in [3.05, 3.63) is 95.7 Å². The third-order valence-electron chi connectivity index (χ3n) is 6.62. The summed E-state index contributed by atoms with van der Waals surface area (Å²) in [6.45, 7) is 4.86. The van der Waals surface area contributed by atoms with Crippen LogP contribution in [0.4, 0.5) is 10.1 Å². The Kier molecular flexibility index (Phi) is 6.41. The van der Waals surface area contributed by atoms with Crippen LogP contribution in [-0.2, 0) is 4.79 Å². The van der Waals surface area contributed by atoms with Crippen molar-refractivity contribution in [1.82, 2.24) is 19.2 Å². The Morgan fingerprint density at radius 2 is 1.81 bits per heavy atom. The van der Waals surface area contributed by atoms with E-state index in [1.807, 2.05) is 61.1 Å². The van der Waals surface area contributed by atoms with Crippen LogP contribution in [0.25, 0.3) is 11.5 Å². The van der Waals surface area contributed by atoms with E-state index in [0.29, 0.717) is 30.2 Å². The standard InChI is InChI=1S/C28H28FN5O2/c1-19-7-8-20(2)25(16-19)31-26(35)21-6-5-15-33(18-21)28(36)24-17-30-34(23-11-9-22(29)10-12-23)27(24)32-13-3-4-14-32/h3-4,7-14,16-17,21H,5-6,15,18H2,1-2H3,(H,31,35)/t21-/m0/s1. The van der Waals surface area contributed by atoms with Gasteiger partial charge in [-0.2, -0.15) is 5.10 Å². The molecule has 1 saturated heterocycles. The summed E-state index contributed by atoms with van der Waals surface area (Å²) in [5.41, 5.74) is 3.95. The lowest BCUT2D eigenvalue weighted by Gasteiger charge is -2.32. The Labute approximate surface area is 209 Å². The number of aromatic nitrogens is 3. The highest BCUT2D eigenvalue weighted by molar-refractivity contribution is 5.98. The Bertz CT molecular complexity index is 1390. The maximum atomic E-state index is 13.7. The van der Waals surface area contributed by atoms with Gasteiger partial charge in [0.1, 0.15) is 11.4 Å². The molecule has 1 atom stereocenters. The SMILES string of the molecule is Cc1ccc(C)c(NC(=O)[C@H]2CCCN(C(=O)c3cnn(-c4ccc(F)cc4)c3-n3cccc3)C2)c1. The normalized spacial score (nSPS) is 15.6.